The van der Waals surface area contributed by atoms with E-state index in [-0.39, 0.29) is 36.1 Å². The number of fused-ring (bicyclic) bond motifs is 1. The first-order valence-electron chi connectivity index (χ1n) is 13.0. The molecule has 10 heteroatoms. The number of benzene rings is 1. The number of likely N-dealkylation sites (tertiary alicyclic amines) is 1. The number of aryl methyl sites for hydroxylation is 1. The highest BCUT2D eigenvalue weighted by molar-refractivity contribution is 6.05. The second-order valence-corrected chi connectivity index (χ2v) is 10.4. The summed E-state index contributed by atoms with van der Waals surface area (Å²) >= 11 is 0. The molecule has 4 amide bonds. The normalized spacial score (nSPS) is 21.9. The fourth-order valence-corrected chi connectivity index (χ4v) is 5.39. The van der Waals surface area contributed by atoms with Gasteiger partial charge >= 0.3 is 0 Å². The van der Waals surface area contributed by atoms with Crippen molar-refractivity contribution in [1.82, 2.24) is 24.9 Å². The third-order valence-electron chi connectivity index (χ3n) is 7.53. The van der Waals surface area contributed by atoms with Crippen molar-refractivity contribution in [1.29, 1.82) is 0 Å². The van der Waals surface area contributed by atoms with Gasteiger partial charge in [-0.05, 0) is 61.4 Å². The first kappa shape index (κ1) is 25.0. The van der Waals surface area contributed by atoms with Crippen LogP contribution in [0.25, 0.3) is 0 Å². The third kappa shape index (κ3) is 4.84. The Morgan fingerprint density at radius 3 is 2.70 bits per heavy atom. The van der Waals surface area contributed by atoms with Crippen LogP contribution in [0.5, 0.6) is 5.75 Å². The Kier molecular flexibility index (Phi) is 6.74. The molecule has 3 aliphatic rings. The van der Waals surface area contributed by atoms with Gasteiger partial charge < -0.3 is 14.5 Å². The third-order valence-corrected chi connectivity index (χ3v) is 7.53. The monoisotopic (exact) mass is 507 g/mol. The van der Waals surface area contributed by atoms with E-state index in [2.05, 4.69) is 24.3 Å². The van der Waals surface area contributed by atoms with Crippen molar-refractivity contribution in [2.45, 2.75) is 70.5 Å². The molecule has 1 unspecified atom stereocenters. The van der Waals surface area contributed by atoms with Gasteiger partial charge in [-0.1, -0.05) is 13.8 Å². The number of nitrogens with zero attached hydrogens (tertiary/aromatic N) is 4. The van der Waals surface area contributed by atoms with Crippen molar-refractivity contribution in [2.75, 3.05) is 13.2 Å². The van der Waals surface area contributed by atoms with Crippen LogP contribution in [0.3, 0.4) is 0 Å². The van der Waals surface area contributed by atoms with E-state index in [1.54, 1.807) is 23.9 Å². The summed E-state index contributed by atoms with van der Waals surface area (Å²) < 4.78 is 7.80. The minimum Gasteiger partial charge on any atom is -0.491 e. The zero-order valence-electron chi connectivity index (χ0n) is 21.5. The van der Waals surface area contributed by atoms with Gasteiger partial charge in [0.2, 0.25) is 11.8 Å². The van der Waals surface area contributed by atoms with Gasteiger partial charge in [0.1, 0.15) is 24.1 Å². The molecule has 2 aromatic rings. The van der Waals surface area contributed by atoms with Crippen LogP contribution in [0.2, 0.25) is 0 Å². The highest BCUT2D eigenvalue weighted by Crippen LogP contribution is 2.31. The van der Waals surface area contributed by atoms with E-state index in [1.165, 1.54) is 4.90 Å². The minimum absolute atomic E-state index is 0.0327. The summed E-state index contributed by atoms with van der Waals surface area (Å²) in [7, 11) is 1.80. The number of imide groups is 1. The van der Waals surface area contributed by atoms with Crippen LogP contribution in [0.4, 0.5) is 0 Å². The number of hydrogen-bond donors (Lipinski definition) is 1. The van der Waals surface area contributed by atoms with E-state index < -0.39 is 11.9 Å². The molecular formula is C27H33N5O5. The fraction of sp³-hybridized carbons (Fsp3) is 0.519. The van der Waals surface area contributed by atoms with Crippen LogP contribution in [0.15, 0.2) is 24.3 Å². The zero-order chi connectivity index (χ0) is 26.3. The fourth-order valence-electron chi connectivity index (χ4n) is 5.39. The molecule has 0 bridgehead atoms. The van der Waals surface area contributed by atoms with E-state index in [0.29, 0.717) is 43.1 Å². The molecule has 1 aromatic carbocycles. The molecule has 0 aliphatic carbocycles. The molecule has 196 valence electrons. The van der Waals surface area contributed by atoms with Crippen LogP contribution >= 0.6 is 0 Å². The lowest BCUT2D eigenvalue weighted by Crippen LogP contribution is -2.52. The first-order chi connectivity index (χ1) is 17.7. The van der Waals surface area contributed by atoms with Crippen LogP contribution in [0.1, 0.15) is 84.0 Å². The highest BCUT2D eigenvalue weighted by Gasteiger charge is 2.39. The molecule has 0 spiro atoms. The molecule has 4 heterocycles. The molecule has 2 saturated heterocycles. The lowest BCUT2D eigenvalue weighted by Gasteiger charge is -2.35. The zero-order valence-corrected chi connectivity index (χ0v) is 21.5. The van der Waals surface area contributed by atoms with Crippen LogP contribution < -0.4 is 10.1 Å². The van der Waals surface area contributed by atoms with Gasteiger partial charge in [0.15, 0.2) is 0 Å². The first-order valence-corrected chi connectivity index (χ1v) is 13.0. The molecule has 1 N–H and O–H groups in total. The number of carbonyl (C=O) groups is 4. The number of aromatic nitrogens is 2. The molecule has 0 saturated carbocycles. The van der Waals surface area contributed by atoms with Gasteiger partial charge in [0.05, 0.1) is 11.7 Å². The number of hydrogen-bond acceptors (Lipinski definition) is 6. The SMILES string of the molecule is CC(C)c1cc(C(=O)N2CCCC[C@@H]2COc2ccc3c(c2)CN(C2CCC(=O)NC2=O)C3=O)n(C)n1. The number of ether oxygens (including phenoxy) is 1. The standard InChI is InChI=1S/C27H33N5O5/c1-16(2)21-13-23(30(3)29-21)27(36)31-11-5-4-6-18(31)15-37-19-7-8-20-17(12-19)14-32(26(20)35)22-9-10-24(33)28-25(22)34/h7-8,12-13,16,18,22H,4-6,9-11,14-15H2,1-3H3,(H,28,33,34)/t18-,22?/m1/s1. The predicted octanol–water partition coefficient (Wildman–Crippen LogP) is 2.38. The Bertz CT molecular complexity index is 1250. The molecule has 5 rings (SSSR count). The van der Waals surface area contributed by atoms with Crippen LogP contribution in [-0.2, 0) is 23.2 Å². The van der Waals surface area contributed by atoms with Gasteiger partial charge in [0.25, 0.3) is 11.8 Å². The van der Waals surface area contributed by atoms with Crippen molar-refractivity contribution in [2.24, 2.45) is 7.05 Å². The summed E-state index contributed by atoms with van der Waals surface area (Å²) in [6.07, 6.45) is 3.38. The molecule has 37 heavy (non-hydrogen) atoms. The van der Waals surface area contributed by atoms with Crippen molar-refractivity contribution in [3.8, 4) is 5.75 Å². The Labute approximate surface area is 215 Å². The number of piperidine rings is 2. The van der Waals surface area contributed by atoms with Crippen molar-refractivity contribution >= 4 is 23.6 Å². The summed E-state index contributed by atoms with van der Waals surface area (Å²) in [5.41, 5.74) is 2.82. The van der Waals surface area contributed by atoms with Gasteiger partial charge in [-0.25, -0.2) is 0 Å². The maximum absolute atomic E-state index is 13.4. The summed E-state index contributed by atoms with van der Waals surface area (Å²) in [5, 5.41) is 6.82. The van der Waals surface area contributed by atoms with Gasteiger partial charge in [-0.2, -0.15) is 5.10 Å². The van der Waals surface area contributed by atoms with Gasteiger partial charge in [0, 0.05) is 32.1 Å². The topological polar surface area (TPSA) is 114 Å². The van der Waals surface area contributed by atoms with E-state index >= 15 is 0 Å². The van der Waals surface area contributed by atoms with E-state index in [9.17, 15) is 19.2 Å². The van der Waals surface area contributed by atoms with E-state index in [1.807, 2.05) is 17.0 Å². The second-order valence-electron chi connectivity index (χ2n) is 10.4. The summed E-state index contributed by atoms with van der Waals surface area (Å²) in [4.78, 5) is 53.5. The summed E-state index contributed by atoms with van der Waals surface area (Å²) in [6.45, 7) is 5.44. The maximum atomic E-state index is 13.4. The largest absolute Gasteiger partial charge is 0.491 e. The average molecular weight is 508 g/mol. The Morgan fingerprint density at radius 2 is 1.97 bits per heavy atom. The molecule has 10 nitrogen and oxygen atoms in total. The lowest BCUT2D eigenvalue weighted by molar-refractivity contribution is -0.136. The number of rotatable bonds is 6. The van der Waals surface area contributed by atoms with Crippen molar-refractivity contribution in [3.63, 3.8) is 0 Å². The Balaban J connectivity index is 1.26. The molecule has 3 aliphatic heterocycles. The molecule has 2 fully saturated rings. The maximum Gasteiger partial charge on any atom is 0.272 e. The average Bonchev–Trinajstić information content (AvgIpc) is 3.42. The Hall–Kier alpha value is -3.69. The molecule has 2 atom stereocenters. The van der Waals surface area contributed by atoms with Crippen LogP contribution in [-0.4, -0.2) is 68.4 Å². The minimum atomic E-state index is -0.646. The lowest BCUT2D eigenvalue weighted by atomic mass is 10.0. The number of carbonyl (C=O) groups excluding carboxylic acids is 4. The quantitative estimate of drug-likeness (QED) is 0.601. The number of amides is 4. The van der Waals surface area contributed by atoms with Crippen molar-refractivity contribution < 1.29 is 23.9 Å². The van der Waals surface area contributed by atoms with Gasteiger partial charge in [-0.3, -0.25) is 29.2 Å². The number of nitrogens with one attached hydrogen (secondary N) is 1. The Morgan fingerprint density at radius 1 is 1.16 bits per heavy atom. The molecular weight excluding hydrogens is 474 g/mol. The molecule has 1 aromatic heterocycles. The van der Waals surface area contributed by atoms with Crippen molar-refractivity contribution in [3.05, 3.63) is 46.8 Å². The summed E-state index contributed by atoms with van der Waals surface area (Å²) in [6, 6.07) is 6.50. The smallest absolute Gasteiger partial charge is 0.272 e. The van der Waals surface area contributed by atoms with Crippen LogP contribution in [0, 0.1) is 0 Å². The van der Waals surface area contributed by atoms with Gasteiger partial charge in [-0.15, -0.1) is 0 Å². The second kappa shape index (κ2) is 9.99. The summed E-state index contributed by atoms with van der Waals surface area (Å²) in [5.74, 6) is -0.111. The van der Waals surface area contributed by atoms with E-state index in [0.717, 1.165) is 30.5 Å². The predicted molar refractivity (Wildman–Crippen MR) is 134 cm³/mol. The highest BCUT2D eigenvalue weighted by atomic mass is 16.5. The van der Waals surface area contributed by atoms with E-state index in [4.69, 9.17) is 4.74 Å². The molecule has 0 radical (unpaired) electrons.